The van der Waals surface area contributed by atoms with Gasteiger partial charge in [0.1, 0.15) is 34.4 Å². The summed E-state index contributed by atoms with van der Waals surface area (Å²) in [6.45, 7) is 6.14. The van der Waals surface area contributed by atoms with E-state index in [2.05, 4.69) is 48.8 Å². The molecule has 11 rings (SSSR count). The van der Waals surface area contributed by atoms with Crippen LogP contribution in [0.5, 0.6) is 17.2 Å². The summed E-state index contributed by atoms with van der Waals surface area (Å²) in [6, 6.07) is 20.8. The molecule has 352 valence electrons. The fourth-order valence-electron chi connectivity index (χ4n) is 11.3. The monoisotopic (exact) mass is 948 g/mol. The number of pyridine rings is 1. The number of nitrogens with one attached hydrogen (secondary N) is 2. The number of carbonyl (C=O) groups excluding carboxylic acids is 1. The van der Waals surface area contributed by atoms with E-state index >= 15 is 0 Å². The summed E-state index contributed by atoms with van der Waals surface area (Å²) in [5.74, 6) is 0.482. The Bertz CT molecular complexity index is 2820. The summed E-state index contributed by atoms with van der Waals surface area (Å²) in [5, 5.41) is 23.6. The number of ether oxygens (including phenoxy) is 3. The molecule has 15 nitrogen and oxygen atoms in total. The van der Waals surface area contributed by atoms with Crippen molar-refractivity contribution in [1.29, 1.82) is 0 Å². The van der Waals surface area contributed by atoms with Crippen molar-refractivity contribution in [3.8, 4) is 17.2 Å². The minimum atomic E-state index is -4.64. The average molecular weight is 949 g/mol. The van der Waals surface area contributed by atoms with Crippen LogP contribution < -0.4 is 19.1 Å². The minimum absolute atomic E-state index is 0.0336. The second-order valence-corrected chi connectivity index (χ2v) is 22.8. The van der Waals surface area contributed by atoms with Crippen LogP contribution in [-0.2, 0) is 14.8 Å². The highest BCUT2D eigenvalue weighted by Gasteiger charge is 2.50. The van der Waals surface area contributed by atoms with Gasteiger partial charge in [-0.3, -0.25) is 19.8 Å². The zero-order valence-electron chi connectivity index (χ0n) is 37.5. The third-order valence-corrected chi connectivity index (χ3v) is 18.2. The van der Waals surface area contributed by atoms with Crippen molar-refractivity contribution in [1.82, 2.24) is 19.6 Å². The summed E-state index contributed by atoms with van der Waals surface area (Å²) in [7, 11) is -4.64. The third-order valence-electron chi connectivity index (χ3n) is 15.4. The lowest BCUT2D eigenvalue weighted by Crippen LogP contribution is -2.58. The number of amides is 1. The van der Waals surface area contributed by atoms with Gasteiger partial charge in [0.25, 0.3) is 21.6 Å². The highest BCUT2D eigenvalue weighted by Crippen LogP contribution is 2.54. The van der Waals surface area contributed by atoms with Gasteiger partial charge in [0.05, 0.1) is 46.4 Å². The van der Waals surface area contributed by atoms with Crippen molar-refractivity contribution in [2.75, 3.05) is 44.4 Å². The molecule has 5 aromatic rings. The van der Waals surface area contributed by atoms with Crippen LogP contribution in [0.25, 0.3) is 11.0 Å². The van der Waals surface area contributed by atoms with E-state index in [1.54, 1.807) is 24.4 Å². The zero-order valence-corrected chi connectivity index (χ0v) is 39.2. The maximum absolute atomic E-state index is 14.1. The number of nitro groups is 1. The van der Waals surface area contributed by atoms with E-state index in [1.165, 1.54) is 48.0 Å². The molecule has 2 atom stereocenters. The molecule has 0 bridgehead atoms. The number of nitro benzene ring substituents is 1. The van der Waals surface area contributed by atoms with Crippen molar-refractivity contribution >= 4 is 50.1 Å². The van der Waals surface area contributed by atoms with Crippen LogP contribution in [0.4, 0.5) is 11.4 Å². The Labute approximate surface area is 394 Å². The summed E-state index contributed by atoms with van der Waals surface area (Å²) < 4.78 is 48.6. The summed E-state index contributed by atoms with van der Waals surface area (Å²) in [4.78, 5) is 38.3. The number of aromatic nitrogens is 2. The highest BCUT2D eigenvalue weighted by molar-refractivity contribution is 8.00. The van der Waals surface area contributed by atoms with Gasteiger partial charge in [0, 0.05) is 66.4 Å². The highest BCUT2D eigenvalue weighted by atomic mass is 32.2. The number of benzene rings is 3. The van der Waals surface area contributed by atoms with Gasteiger partial charge in [-0.1, -0.05) is 24.3 Å². The van der Waals surface area contributed by atoms with Crippen LogP contribution in [0.2, 0.25) is 0 Å². The quantitative estimate of drug-likeness (QED) is 0.0842. The maximum Gasteiger partial charge on any atom is 0.288 e. The first-order chi connectivity index (χ1) is 32.3. The Morgan fingerprint density at radius 2 is 1.76 bits per heavy atom. The van der Waals surface area contributed by atoms with Gasteiger partial charge >= 0.3 is 0 Å². The lowest BCUT2D eigenvalue weighted by molar-refractivity contribution is -0.388. The third kappa shape index (κ3) is 8.89. The Morgan fingerprint density at radius 3 is 2.52 bits per heavy atom. The van der Waals surface area contributed by atoms with Gasteiger partial charge in [-0.05, 0) is 124 Å². The van der Waals surface area contributed by atoms with E-state index in [1.807, 2.05) is 19.1 Å². The fraction of sp³-hybridized carbons (Fsp3) is 0.480. The van der Waals surface area contributed by atoms with Crippen molar-refractivity contribution in [2.24, 2.45) is 11.3 Å². The smallest absolute Gasteiger partial charge is 0.288 e. The molecule has 5 heterocycles. The van der Waals surface area contributed by atoms with Crippen LogP contribution in [-0.4, -0.2) is 95.6 Å². The number of aromatic amines is 1. The van der Waals surface area contributed by atoms with E-state index in [9.17, 15) is 28.4 Å². The molecule has 0 unspecified atom stereocenters. The molecule has 3 aliphatic heterocycles. The maximum atomic E-state index is 14.1. The number of piperidine rings is 1. The molecule has 6 aliphatic rings. The molecule has 17 heteroatoms. The first-order valence-electron chi connectivity index (χ1n) is 23.6. The van der Waals surface area contributed by atoms with Crippen molar-refractivity contribution in [3.05, 3.63) is 106 Å². The van der Waals surface area contributed by atoms with E-state index in [-0.39, 0.29) is 51.2 Å². The first kappa shape index (κ1) is 44.3. The van der Waals surface area contributed by atoms with Crippen LogP contribution in [0.15, 0.2) is 88.9 Å². The number of fused-ring (bicyclic) bond motifs is 2. The summed E-state index contributed by atoms with van der Waals surface area (Å²) in [5.41, 5.74) is 3.53. The average Bonchev–Trinajstić information content (AvgIpc) is 4.06. The number of anilines is 1. The van der Waals surface area contributed by atoms with E-state index < -0.39 is 37.0 Å². The second kappa shape index (κ2) is 17.4. The number of sulfonamides is 1. The Morgan fingerprint density at radius 1 is 0.985 bits per heavy atom. The molecule has 2 aromatic heterocycles. The van der Waals surface area contributed by atoms with Crippen LogP contribution in [0, 0.1) is 21.4 Å². The summed E-state index contributed by atoms with van der Waals surface area (Å²) in [6.07, 6.45) is 13.0. The Kier molecular flexibility index (Phi) is 11.5. The number of hydrogen-bond donors (Lipinski definition) is 3. The van der Waals surface area contributed by atoms with Crippen LogP contribution in [0.3, 0.4) is 0 Å². The standard InChI is InChI=1S/C50H56N6O9S2/c1-49(58)13-10-32(11-14-49)45-30-64-44-25-37(24-41(56(59)60)46(44)66-45)67(61,62)53-48(57)40-9-8-34(23-43(40)65-36-22-33-12-17-51-47(33)52-28-36)54-18-15-50(16-19-54)26-35(27-50)55-20-21-63-29-42(55)39-5-3-2-4-38(39)31-6-7-31/h2-5,8-9,12,17,22-25,28,31-32,35,42,45,58H,6-7,10-11,13-16,18-21,26-27,29-30H2,1H3,(H,51,52)(H,53,57)/t32?,42-,45+,49?/m0/s1. The number of morpholine rings is 1. The van der Waals surface area contributed by atoms with Crippen LogP contribution in [0.1, 0.15) is 105 Å². The topological polar surface area (TPSA) is 189 Å². The molecular weight excluding hydrogens is 893 g/mol. The van der Waals surface area contributed by atoms with Crippen molar-refractivity contribution in [2.45, 2.75) is 110 Å². The number of thioether (sulfide) groups is 1. The molecule has 5 fully saturated rings. The molecule has 1 amide bonds. The predicted molar refractivity (Wildman–Crippen MR) is 254 cm³/mol. The van der Waals surface area contributed by atoms with Crippen molar-refractivity contribution < 1.29 is 37.5 Å². The number of carbonyl (C=O) groups is 1. The second-order valence-electron chi connectivity index (χ2n) is 19.9. The van der Waals surface area contributed by atoms with Crippen LogP contribution >= 0.6 is 11.8 Å². The van der Waals surface area contributed by atoms with Gasteiger partial charge in [-0.2, -0.15) is 0 Å². The molecule has 3 N–H and O–H groups in total. The normalized spacial score (nSPS) is 25.5. The Hall–Kier alpha value is -5.20. The van der Waals surface area contributed by atoms with E-state index in [0.29, 0.717) is 36.2 Å². The number of nitrogens with zero attached hydrogens (tertiary/aromatic N) is 4. The van der Waals surface area contributed by atoms with Crippen molar-refractivity contribution in [3.63, 3.8) is 0 Å². The fourth-order valence-corrected chi connectivity index (χ4v) is 13.7. The molecule has 3 aliphatic carbocycles. The molecule has 2 saturated heterocycles. The van der Waals surface area contributed by atoms with Gasteiger partial charge < -0.3 is 29.2 Å². The predicted octanol–water partition coefficient (Wildman–Crippen LogP) is 8.88. The molecule has 1 spiro atoms. The van der Waals surface area contributed by atoms with Gasteiger partial charge in [0.15, 0.2) is 0 Å². The molecule has 67 heavy (non-hydrogen) atoms. The largest absolute Gasteiger partial charge is 0.491 e. The number of rotatable bonds is 11. The molecular formula is C50H56N6O9S2. The van der Waals surface area contributed by atoms with Gasteiger partial charge in [0.2, 0.25) is 0 Å². The molecule has 3 aromatic carbocycles. The number of aliphatic hydroxyl groups is 1. The lowest BCUT2D eigenvalue weighted by atomic mass is 9.59. The van der Waals surface area contributed by atoms with E-state index in [4.69, 9.17) is 14.2 Å². The minimum Gasteiger partial charge on any atom is -0.491 e. The lowest BCUT2D eigenvalue weighted by Gasteiger charge is -2.57. The Balaban J connectivity index is 0.802. The van der Waals surface area contributed by atoms with E-state index in [0.717, 1.165) is 88.5 Å². The number of H-pyrrole nitrogens is 1. The van der Waals surface area contributed by atoms with Gasteiger partial charge in [-0.15, -0.1) is 11.8 Å². The SMILES string of the molecule is CC1(O)CCC([C@H]2COc3cc(S(=O)(=O)NC(=O)c4ccc(N5CCC6(CC5)CC(N5CCOC[C@H]5c5ccccc5C5CC5)C6)cc4Oc4cnc5[nH]ccc5c4)cc([N+](=O)[O-])c3S2)CC1. The molecule has 0 radical (unpaired) electrons. The zero-order chi connectivity index (χ0) is 46.1. The first-order valence-corrected chi connectivity index (χ1v) is 26.0. The number of hydrogen-bond acceptors (Lipinski definition) is 13. The summed E-state index contributed by atoms with van der Waals surface area (Å²) >= 11 is 1.31. The van der Waals surface area contributed by atoms with Gasteiger partial charge in [-0.25, -0.2) is 18.1 Å². The molecule has 3 saturated carbocycles.